The zero-order chi connectivity index (χ0) is 26.6. The fraction of sp³-hybridized carbons (Fsp3) is 0.414. The number of carbonyl (C=O) groups excluding carboxylic acids is 1. The molecule has 0 aliphatic carbocycles. The maximum atomic E-state index is 12.4. The van der Waals surface area contributed by atoms with E-state index in [1.165, 1.54) is 6.39 Å². The van der Waals surface area contributed by atoms with E-state index in [0.29, 0.717) is 24.2 Å². The summed E-state index contributed by atoms with van der Waals surface area (Å²) in [5.41, 5.74) is 9.92. The summed E-state index contributed by atoms with van der Waals surface area (Å²) in [5, 5.41) is 2.80. The van der Waals surface area contributed by atoms with Crippen molar-refractivity contribution in [3.63, 3.8) is 0 Å². The van der Waals surface area contributed by atoms with Crippen LogP contribution in [0, 0.1) is 12.8 Å². The lowest BCUT2D eigenvalue weighted by Crippen LogP contribution is -2.43. The monoisotopic (exact) mass is 503 g/mol. The molecule has 1 unspecified atom stereocenters. The third-order valence-electron chi connectivity index (χ3n) is 6.55. The second-order valence-corrected chi connectivity index (χ2v) is 10.4. The first-order valence-electron chi connectivity index (χ1n) is 12.8. The van der Waals surface area contributed by atoms with E-state index >= 15 is 0 Å². The number of oxazole rings is 1. The van der Waals surface area contributed by atoms with Crippen LogP contribution in [0.15, 0.2) is 70.4 Å². The molecule has 0 radical (unpaired) electrons. The van der Waals surface area contributed by atoms with Gasteiger partial charge in [-0.1, -0.05) is 62.4 Å². The van der Waals surface area contributed by atoms with Crippen molar-refractivity contribution in [2.24, 2.45) is 16.6 Å². The molecule has 4 rings (SSSR count). The van der Waals surface area contributed by atoms with Gasteiger partial charge in [0.1, 0.15) is 12.1 Å². The molecule has 3 aromatic rings. The maximum Gasteiger partial charge on any atom is 0.407 e. The number of amides is 1. The zero-order valence-electron chi connectivity index (χ0n) is 22.3. The van der Waals surface area contributed by atoms with E-state index in [1.807, 2.05) is 63.2 Å². The van der Waals surface area contributed by atoms with Crippen LogP contribution in [0.25, 0.3) is 11.3 Å². The molecule has 37 heavy (non-hydrogen) atoms. The topological polar surface area (TPSA) is 106 Å². The number of benzene rings is 2. The highest BCUT2D eigenvalue weighted by molar-refractivity contribution is 5.82. The predicted molar refractivity (Wildman–Crippen MR) is 145 cm³/mol. The van der Waals surface area contributed by atoms with Gasteiger partial charge in [0.15, 0.2) is 18.1 Å². The first kappa shape index (κ1) is 26.3. The smallest absolute Gasteiger partial charge is 0.407 e. The molecule has 2 aromatic carbocycles. The molecule has 0 fully saturated rings. The van der Waals surface area contributed by atoms with Crippen molar-refractivity contribution in [2.75, 3.05) is 13.2 Å². The second-order valence-electron chi connectivity index (χ2n) is 10.4. The van der Waals surface area contributed by atoms with Crippen molar-refractivity contribution in [3.8, 4) is 11.3 Å². The van der Waals surface area contributed by atoms with Crippen LogP contribution in [-0.4, -0.2) is 41.1 Å². The van der Waals surface area contributed by atoms with E-state index in [1.54, 1.807) is 0 Å². The van der Waals surface area contributed by atoms with Gasteiger partial charge in [0, 0.05) is 11.6 Å². The average Bonchev–Trinajstić information content (AvgIpc) is 3.42. The molecule has 0 spiro atoms. The Morgan fingerprint density at radius 3 is 2.57 bits per heavy atom. The molecule has 1 aliphatic rings. The number of aromatic nitrogens is 1. The molecule has 0 bridgehead atoms. The summed E-state index contributed by atoms with van der Waals surface area (Å²) < 4.78 is 11.3. The fourth-order valence-electron chi connectivity index (χ4n) is 5.02. The van der Waals surface area contributed by atoms with Crippen LogP contribution in [0.1, 0.15) is 57.0 Å². The van der Waals surface area contributed by atoms with Gasteiger partial charge in [0.2, 0.25) is 0 Å². The van der Waals surface area contributed by atoms with Gasteiger partial charge in [-0.05, 0) is 50.3 Å². The fourth-order valence-corrected chi connectivity index (χ4v) is 5.02. The summed E-state index contributed by atoms with van der Waals surface area (Å²) in [6.45, 7) is 10.8. The Balaban J connectivity index is 1.71. The van der Waals surface area contributed by atoms with Gasteiger partial charge in [-0.3, -0.25) is 0 Å². The first-order valence-corrected chi connectivity index (χ1v) is 12.8. The average molecular weight is 504 g/mol. The van der Waals surface area contributed by atoms with Crippen LogP contribution in [0.2, 0.25) is 0 Å². The number of nitrogens with two attached hydrogens (primary N) is 1. The van der Waals surface area contributed by atoms with Crippen molar-refractivity contribution in [3.05, 3.63) is 77.8 Å². The summed E-state index contributed by atoms with van der Waals surface area (Å²) >= 11 is 0. The van der Waals surface area contributed by atoms with Crippen molar-refractivity contribution >= 4 is 12.1 Å². The molecule has 2 heterocycles. The first-order chi connectivity index (χ1) is 17.7. The Morgan fingerprint density at radius 1 is 1.16 bits per heavy atom. The highest BCUT2D eigenvalue weighted by Gasteiger charge is 2.43. The Bertz CT molecular complexity index is 1240. The molecule has 196 valence electrons. The van der Waals surface area contributed by atoms with Gasteiger partial charge < -0.3 is 25.1 Å². The molecule has 3 N–H and O–H groups in total. The van der Waals surface area contributed by atoms with Gasteiger partial charge >= 0.3 is 6.09 Å². The van der Waals surface area contributed by atoms with Crippen LogP contribution in [0.5, 0.6) is 0 Å². The number of aryl methyl sites for hydroxylation is 1. The van der Waals surface area contributed by atoms with Gasteiger partial charge in [-0.25, -0.2) is 14.8 Å². The van der Waals surface area contributed by atoms with Crippen LogP contribution < -0.4 is 11.1 Å². The van der Waals surface area contributed by atoms with Gasteiger partial charge in [0.05, 0.1) is 18.3 Å². The summed E-state index contributed by atoms with van der Waals surface area (Å²) in [6.07, 6.45) is 1.82. The third kappa shape index (κ3) is 5.96. The summed E-state index contributed by atoms with van der Waals surface area (Å²) in [5.74, 6) is 1.55. The highest BCUT2D eigenvalue weighted by atomic mass is 16.5. The number of hydrogen-bond acceptors (Lipinski definition) is 7. The molecular weight excluding hydrogens is 466 g/mol. The third-order valence-corrected chi connectivity index (χ3v) is 6.55. The molecule has 1 aromatic heterocycles. The number of aliphatic imine (C=N–C) groups is 1. The maximum absolute atomic E-state index is 12.4. The van der Waals surface area contributed by atoms with Crippen molar-refractivity contribution in [2.45, 2.75) is 58.7 Å². The largest absolute Gasteiger partial charge is 0.447 e. The molecule has 0 saturated heterocycles. The molecule has 1 aliphatic heterocycles. The molecule has 8 nitrogen and oxygen atoms in total. The van der Waals surface area contributed by atoms with E-state index in [-0.39, 0.29) is 18.7 Å². The summed E-state index contributed by atoms with van der Waals surface area (Å²) in [7, 11) is 0. The van der Waals surface area contributed by atoms with E-state index in [4.69, 9.17) is 19.9 Å². The Hall–Kier alpha value is -3.81. The van der Waals surface area contributed by atoms with E-state index < -0.39 is 11.6 Å². The molecule has 0 saturated carbocycles. The number of rotatable bonds is 9. The molecule has 2 atom stereocenters. The number of hydrogen-bond donors (Lipinski definition) is 2. The van der Waals surface area contributed by atoms with E-state index in [0.717, 1.165) is 28.8 Å². The van der Waals surface area contributed by atoms with Crippen LogP contribution in [0.4, 0.5) is 4.79 Å². The van der Waals surface area contributed by atoms with Crippen LogP contribution in [-0.2, 0) is 10.3 Å². The molecule has 8 heteroatoms. The SMILES string of the molecule is Cc1ncoc1-c1cccc(C(COC(=O)NC(C)C)N2C[C@@](CC(C)C)(c3ccccc3)N=C2N)c1. The minimum absolute atomic E-state index is 0.0288. The number of ether oxygens (including phenoxy) is 1. The highest BCUT2D eigenvalue weighted by Crippen LogP contribution is 2.41. The van der Waals surface area contributed by atoms with Crippen LogP contribution >= 0.6 is 0 Å². The molecular formula is C29H37N5O3. The van der Waals surface area contributed by atoms with Crippen molar-refractivity contribution in [1.29, 1.82) is 0 Å². The Labute approximate surface area is 218 Å². The minimum Gasteiger partial charge on any atom is -0.447 e. The number of guanidine groups is 1. The van der Waals surface area contributed by atoms with Crippen molar-refractivity contribution < 1.29 is 13.9 Å². The number of nitrogens with one attached hydrogen (secondary N) is 1. The summed E-state index contributed by atoms with van der Waals surface area (Å²) in [4.78, 5) is 23.8. The number of alkyl carbamates (subject to hydrolysis) is 1. The quantitative estimate of drug-likeness (QED) is 0.405. The van der Waals surface area contributed by atoms with Gasteiger partial charge in [-0.2, -0.15) is 0 Å². The minimum atomic E-state index is -0.489. The Morgan fingerprint density at radius 2 is 1.92 bits per heavy atom. The predicted octanol–water partition coefficient (Wildman–Crippen LogP) is 5.40. The number of carbonyl (C=O) groups is 1. The normalized spacial score (nSPS) is 18.2. The molecule has 1 amide bonds. The summed E-state index contributed by atoms with van der Waals surface area (Å²) in [6, 6.07) is 17.9. The lowest BCUT2D eigenvalue weighted by molar-refractivity contribution is 0.109. The standard InChI is InChI=1S/C29H37N5O3/c1-19(2)15-29(24-12-7-6-8-13-24)17-34(27(30)33-29)25(16-36-28(35)32-20(3)4)22-10-9-11-23(14-22)26-21(5)31-18-37-26/h6-14,18-20,25H,15-17H2,1-5H3,(H2,30,33)(H,32,35)/t25?,29-/m0/s1. The van der Waals surface area contributed by atoms with Crippen molar-refractivity contribution in [1.82, 2.24) is 15.2 Å². The van der Waals surface area contributed by atoms with E-state index in [9.17, 15) is 4.79 Å². The lowest BCUT2D eigenvalue weighted by atomic mass is 9.83. The Kier molecular flexibility index (Phi) is 7.86. The van der Waals surface area contributed by atoms with E-state index in [2.05, 4.69) is 41.2 Å². The van der Waals surface area contributed by atoms with Crippen LogP contribution in [0.3, 0.4) is 0 Å². The van der Waals surface area contributed by atoms with Gasteiger partial charge in [-0.15, -0.1) is 0 Å². The second kappa shape index (κ2) is 11.1. The van der Waals surface area contributed by atoms with Gasteiger partial charge in [0.25, 0.3) is 0 Å². The lowest BCUT2D eigenvalue weighted by Gasteiger charge is -2.34. The zero-order valence-corrected chi connectivity index (χ0v) is 22.3. The number of nitrogens with zero attached hydrogens (tertiary/aromatic N) is 3.